The van der Waals surface area contributed by atoms with E-state index in [1.54, 1.807) is 0 Å². The highest BCUT2D eigenvalue weighted by Gasteiger charge is 2.42. The molecule has 0 spiro atoms. The van der Waals surface area contributed by atoms with Gasteiger partial charge in [0.1, 0.15) is 0 Å². The number of hydrogen-bond donors (Lipinski definition) is 0. The lowest BCUT2D eigenvalue weighted by atomic mass is 9.88. The first-order valence-electron chi connectivity index (χ1n) is 7.20. The van der Waals surface area contributed by atoms with Crippen molar-refractivity contribution in [3.63, 3.8) is 0 Å². The summed E-state index contributed by atoms with van der Waals surface area (Å²) in [6.07, 6.45) is 1.71. The molecule has 114 valence electrons. The van der Waals surface area contributed by atoms with Crippen LogP contribution in [0.3, 0.4) is 0 Å². The van der Waals surface area contributed by atoms with Gasteiger partial charge in [0.25, 0.3) is 0 Å². The van der Waals surface area contributed by atoms with Gasteiger partial charge in [-0.3, -0.25) is 4.79 Å². The number of carbonyl (C=O) groups excluding carboxylic acids is 1. The fraction of sp³-hybridized carbons (Fsp3) is 0.533. The quantitative estimate of drug-likeness (QED) is 0.834. The number of rotatable bonds is 3. The number of hydrogen-bond acceptors (Lipinski definition) is 3. The van der Waals surface area contributed by atoms with Crippen LogP contribution in [-0.2, 0) is 21.4 Å². The van der Waals surface area contributed by atoms with E-state index in [1.165, 1.54) is 10.6 Å². The molecule has 5 nitrogen and oxygen atoms in total. The Bertz CT molecular complexity index is 630. The van der Waals surface area contributed by atoms with E-state index in [2.05, 4.69) is 0 Å². The molecule has 2 fully saturated rings. The Morgan fingerprint density at radius 1 is 1.10 bits per heavy atom. The summed E-state index contributed by atoms with van der Waals surface area (Å²) in [5.41, 5.74) is 1.11. The van der Waals surface area contributed by atoms with Crippen molar-refractivity contribution in [2.75, 3.05) is 25.9 Å². The van der Waals surface area contributed by atoms with E-state index in [9.17, 15) is 13.2 Å². The second-order valence-corrected chi connectivity index (χ2v) is 8.05. The fourth-order valence-corrected chi connectivity index (χ4v) is 4.22. The molecule has 1 aromatic rings. The zero-order valence-corrected chi connectivity index (χ0v) is 12.9. The summed E-state index contributed by atoms with van der Waals surface area (Å²) in [4.78, 5) is 14.1. The van der Waals surface area contributed by atoms with E-state index in [1.807, 2.05) is 35.2 Å². The van der Waals surface area contributed by atoms with Crippen molar-refractivity contribution in [3.8, 4) is 0 Å². The first-order valence-corrected chi connectivity index (χ1v) is 9.05. The Labute approximate surface area is 125 Å². The zero-order chi connectivity index (χ0) is 15.0. The molecule has 2 aliphatic rings. The SMILES string of the molecule is CS(=O)(=O)N1C[C@H]2CN(Cc3ccccc3)C(=O)C[C@H]2C1. The van der Waals surface area contributed by atoms with Crippen LogP contribution in [0.4, 0.5) is 0 Å². The van der Waals surface area contributed by atoms with E-state index >= 15 is 0 Å². The number of nitrogens with zero attached hydrogens (tertiary/aromatic N) is 2. The molecule has 2 aliphatic heterocycles. The van der Waals surface area contributed by atoms with Crippen molar-refractivity contribution < 1.29 is 13.2 Å². The Morgan fingerprint density at radius 2 is 1.76 bits per heavy atom. The maximum atomic E-state index is 12.3. The molecule has 2 saturated heterocycles. The first-order chi connectivity index (χ1) is 9.93. The van der Waals surface area contributed by atoms with Crippen LogP contribution in [0.5, 0.6) is 0 Å². The average molecular weight is 308 g/mol. The summed E-state index contributed by atoms with van der Waals surface area (Å²) in [6.45, 7) is 2.31. The number of likely N-dealkylation sites (tertiary alicyclic amines) is 1. The molecule has 2 atom stereocenters. The molecule has 0 aliphatic carbocycles. The minimum absolute atomic E-state index is 0.135. The fourth-order valence-electron chi connectivity index (χ4n) is 3.30. The summed E-state index contributed by atoms with van der Waals surface area (Å²) in [5, 5.41) is 0. The topological polar surface area (TPSA) is 57.7 Å². The van der Waals surface area contributed by atoms with Crippen LogP contribution in [0.15, 0.2) is 30.3 Å². The maximum absolute atomic E-state index is 12.3. The van der Waals surface area contributed by atoms with E-state index in [-0.39, 0.29) is 17.7 Å². The minimum atomic E-state index is -3.15. The van der Waals surface area contributed by atoms with Gasteiger partial charge < -0.3 is 4.90 Å². The Morgan fingerprint density at radius 3 is 2.43 bits per heavy atom. The Kier molecular flexibility index (Phi) is 3.75. The van der Waals surface area contributed by atoms with Gasteiger partial charge in [-0.05, 0) is 17.4 Å². The second kappa shape index (κ2) is 5.42. The number of benzene rings is 1. The van der Waals surface area contributed by atoms with Gasteiger partial charge in [0.2, 0.25) is 15.9 Å². The van der Waals surface area contributed by atoms with Crippen molar-refractivity contribution in [2.45, 2.75) is 13.0 Å². The van der Waals surface area contributed by atoms with Crippen LogP contribution in [0.25, 0.3) is 0 Å². The van der Waals surface area contributed by atoms with Gasteiger partial charge in [0.05, 0.1) is 6.26 Å². The highest BCUT2D eigenvalue weighted by atomic mass is 32.2. The molecule has 1 amide bonds. The van der Waals surface area contributed by atoms with Gasteiger partial charge in [-0.15, -0.1) is 0 Å². The predicted molar refractivity (Wildman–Crippen MR) is 79.9 cm³/mol. The lowest BCUT2D eigenvalue weighted by Crippen LogP contribution is -2.43. The van der Waals surface area contributed by atoms with E-state index in [4.69, 9.17) is 0 Å². The summed E-state index contributed by atoms with van der Waals surface area (Å²) in [5.74, 6) is 0.579. The second-order valence-electron chi connectivity index (χ2n) is 6.06. The third-order valence-corrected chi connectivity index (χ3v) is 5.71. The largest absolute Gasteiger partial charge is 0.338 e. The minimum Gasteiger partial charge on any atom is -0.338 e. The number of carbonyl (C=O) groups is 1. The monoisotopic (exact) mass is 308 g/mol. The number of amides is 1. The summed E-state index contributed by atoms with van der Waals surface area (Å²) < 4.78 is 24.8. The van der Waals surface area contributed by atoms with Crippen LogP contribution in [0.1, 0.15) is 12.0 Å². The summed E-state index contributed by atoms with van der Waals surface area (Å²) >= 11 is 0. The van der Waals surface area contributed by atoms with Gasteiger partial charge in [-0.2, -0.15) is 0 Å². The molecular formula is C15H20N2O3S. The zero-order valence-electron chi connectivity index (χ0n) is 12.1. The molecule has 0 radical (unpaired) electrons. The maximum Gasteiger partial charge on any atom is 0.223 e. The third-order valence-electron chi connectivity index (χ3n) is 4.47. The van der Waals surface area contributed by atoms with Crippen LogP contribution < -0.4 is 0 Å². The molecule has 3 rings (SSSR count). The molecule has 1 aromatic carbocycles. The molecule has 0 bridgehead atoms. The van der Waals surface area contributed by atoms with E-state index < -0.39 is 10.0 Å². The molecule has 6 heteroatoms. The van der Waals surface area contributed by atoms with Crippen LogP contribution in [-0.4, -0.2) is 49.4 Å². The van der Waals surface area contributed by atoms with Crippen LogP contribution >= 0.6 is 0 Å². The third kappa shape index (κ3) is 3.11. The van der Waals surface area contributed by atoms with Crippen LogP contribution in [0.2, 0.25) is 0 Å². The van der Waals surface area contributed by atoms with E-state index in [0.717, 1.165) is 5.56 Å². The molecule has 2 heterocycles. The highest BCUT2D eigenvalue weighted by molar-refractivity contribution is 7.88. The highest BCUT2D eigenvalue weighted by Crippen LogP contribution is 2.33. The molecular weight excluding hydrogens is 288 g/mol. The van der Waals surface area contributed by atoms with Gasteiger partial charge >= 0.3 is 0 Å². The lowest BCUT2D eigenvalue weighted by Gasteiger charge is -2.34. The number of piperidine rings is 1. The van der Waals surface area contributed by atoms with Crippen molar-refractivity contribution in [3.05, 3.63) is 35.9 Å². The standard InChI is InChI=1S/C15H20N2O3S/c1-21(19,20)17-10-13-7-15(18)16(9-14(13)11-17)8-12-5-3-2-4-6-12/h2-6,13-14H,7-11H2,1H3/t13-,14+/m0/s1. The van der Waals surface area contributed by atoms with E-state index in [0.29, 0.717) is 32.6 Å². The molecule has 0 N–H and O–H groups in total. The van der Waals surface area contributed by atoms with Gasteiger partial charge in [0.15, 0.2) is 0 Å². The average Bonchev–Trinajstić information content (AvgIpc) is 2.83. The molecule has 0 aromatic heterocycles. The molecule has 0 unspecified atom stereocenters. The van der Waals surface area contributed by atoms with Crippen molar-refractivity contribution in [1.82, 2.24) is 9.21 Å². The molecule has 0 saturated carbocycles. The van der Waals surface area contributed by atoms with Crippen molar-refractivity contribution >= 4 is 15.9 Å². The van der Waals surface area contributed by atoms with Crippen LogP contribution in [0, 0.1) is 11.8 Å². The Hall–Kier alpha value is -1.40. The number of fused-ring (bicyclic) bond motifs is 1. The van der Waals surface area contributed by atoms with Gasteiger partial charge in [-0.1, -0.05) is 30.3 Å². The normalized spacial score (nSPS) is 26.9. The first kappa shape index (κ1) is 14.5. The van der Waals surface area contributed by atoms with Crippen molar-refractivity contribution in [2.24, 2.45) is 11.8 Å². The summed E-state index contributed by atoms with van der Waals surface area (Å²) in [6, 6.07) is 9.91. The Balaban J connectivity index is 1.69. The predicted octanol–water partition coefficient (Wildman–Crippen LogP) is 0.926. The smallest absolute Gasteiger partial charge is 0.223 e. The van der Waals surface area contributed by atoms with Gasteiger partial charge in [-0.25, -0.2) is 12.7 Å². The van der Waals surface area contributed by atoms with Gasteiger partial charge in [0, 0.05) is 32.6 Å². The van der Waals surface area contributed by atoms with Crippen molar-refractivity contribution in [1.29, 1.82) is 0 Å². The number of sulfonamides is 1. The molecule has 21 heavy (non-hydrogen) atoms. The lowest BCUT2D eigenvalue weighted by molar-refractivity contribution is -0.136. The summed E-state index contributed by atoms with van der Waals surface area (Å²) in [7, 11) is -3.15.